The largest absolute Gasteiger partial charge is 0.354 e. The summed E-state index contributed by atoms with van der Waals surface area (Å²) in [5.41, 5.74) is 4.20. The van der Waals surface area contributed by atoms with E-state index in [0.717, 1.165) is 22.6 Å². The molecule has 1 fully saturated rings. The second-order valence-electron chi connectivity index (χ2n) is 7.10. The van der Waals surface area contributed by atoms with Gasteiger partial charge in [-0.05, 0) is 49.1 Å². The summed E-state index contributed by atoms with van der Waals surface area (Å²) in [4.78, 5) is 10.9. The third-order valence-corrected chi connectivity index (χ3v) is 7.39. The second-order valence-corrected chi connectivity index (χ2v) is 8.97. The van der Waals surface area contributed by atoms with E-state index >= 15 is 0 Å². The van der Waals surface area contributed by atoms with Crippen LogP contribution < -0.4 is 4.90 Å². The van der Waals surface area contributed by atoms with E-state index in [9.17, 15) is 8.42 Å². The normalized spacial score (nSPS) is 16.1. The third kappa shape index (κ3) is 2.92. The van der Waals surface area contributed by atoms with Gasteiger partial charge in [0, 0.05) is 37.4 Å². The fourth-order valence-electron chi connectivity index (χ4n) is 3.68. The predicted octanol–water partition coefficient (Wildman–Crippen LogP) is 1.76. The Hall–Kier alpha value is -2.59. The van der Waals surface area contributed by atoms with Crippen LogP contribution in [-0.2, 0) is 10.0 Å². The highest BCUT2D eigenvalue weighted by Crippen LogP contribution is 2.30. The molecule has 0 radical (unpaired) electrons. The molecular formula is C18H22N6O3S. The Morgan fingerprint density at radius 2 is 1.61 bits per heavy atom. The molecule has 0 saturated carbocycles. The highest BCUT2D eigenvalue weighted by atomic mass is 32.2. The number of benzene rings is 1. The van der Waals surface area contributed by atoms with Crippen LogP contribution in [0.5, 0.6) is 0 Å². The van der Waals surface area contributed by atoms with Crippen molar-refractivity contribution in [3.8, 4) is 0 Å². The van der Waals surface area contributed by atoms with E-state index in [1.165, 1.54) is 4.31 Å². The Labute approximate surface area is 163 Å². The van der Waals surface area contributed by atoms with Gasteiger partial charge in [0.15, 0.2) is 5.52 Å². The van der Waals surface area contributed by atoms with Crippen LogP contribution >= 0.6 is 0 Å². The molecule has 0 N–H and O–H groups in total. The zero-order valence-corrected chi connectivity index (χ0v) is 17.1. The Morgan fingerprint density at radius 3 is 2.32 bits per heavy atom. The van der Waals surface area contributed by atoms with Gasteiger partial charge in [0.25, 0.3) is 0 Å². The highest BCUT2D eigenvalue weighted by Gasteiger charge is 2.33. The maximum absolute atomic E-state index is 13.4. The lowest BCUT2D eigenvalue weighted by Gasteiger charge is -2.35. The molecule has 28 heavy (non-hydrogen) atoms. The molecule has 3 aromatic rings. The standard InChI is InChI=1S/C18H22N6O3S/c1-11-9-12(2)17(16-15(11)21-27-22-16)28(25,26)24-7-5-23(6-8-24)18-13(3)14(4)19-10-20-18/h9-10H,5-8H2,1-4H3. The molecule has 0 spiro atoms. The molecule has 0 aliphatic carbocycles. The van der Waals surface area contributed by atoms with Crippen molar-refractivity contribution in [3.63, 3.8) is 0 Å². The minimum absolute atomic E-state index is 0.178. The van der Waals surface area contributed by atoms with Crippen molar-refractivity contribution in [1.82, 2.24) is 24.6 Å². The van der Waals surface area contributed by atoms with E-state index in [-0.39, 0.29) is 4.90 Å². The Balaban J connectivity index is 1.63. The molecule has 2 aromatic heterocycles. The van der Waals surface area contributed by atoms with Gasteiger partial charge in [-0.3, -0.25) is 0 Å². The number of anilines is 1. The molecule has 10 heteroatoms. The summed E-state index contributed by atoms with van der Waals surface area (Å²) in [7, 11) is -3.72. The molecular weight excluding hydrogens is 380 g/mol. The molecule has 1 aliphatic heterocycles. The smallest absolute Gasteiger partial charge is 0.245 e. The van der Waals surface area contributed by atoms with Crippen molar-refractivity contribution >= 4 is 26.9 Å². The van der Waals surface area contributed by atoms with Crippen LogP contribution in [0.1, 0.15) is 22.4 Å². The molecule has 0 atom stereocenters. The van der Waals surface area contributed by atoms with Crippen LogP contribution in [0.3, 0.4) is 0 Å². The van der Waals surface area contributed by atoms with Gasteiger partial charge in [-0.15, -0.1) is 0 Å². The first kappa shape index (κ1) is 18.8. The van der Waals surface area contributed by atoms with Gasteiger partial charge in [0.2, 0.25) is 10.0 Å². The number of aromatic nitrogens is 4. The van der Waals surface area contributed by atoms with Gasteiger partial charge >= 0.3 is 0 Å². The molecule has 0 amide bonds. The Morgan fingerprint density at radius 1 is 0.929 bits per heavy atom. The monoisotopic (exact) mass is 402 g/mol. The minimum atomic E-state index is -3.72. The summed E-state index contributed by atoms with van der Waals surface area (Å²) in [6.45, 7) is 9.41. The van der Waals surface area contributed by atoms with Crippen molar-refractivity contribution in [1.29, 1.82) is 0 Å². The van der Waals surface area contributed by atoms with E-state index in [2.05, 4.69) is 25.2 Å². The second kappa shape index (κ2) is 6.78. The molecule has 0 unspecified atom stereocenters. The summed E-state index contributed by atoms with van der Waals surface area (Å²) in [5.74, 6) is 0.860. The van der Waals surface area contributed by atoms with Gasteiger partial charge < -0.3 is 4.90 Å². The van der Waals surface area contributed by atoms with E-state index in [0.29, 0.717) is 42.8 Å². The average molecular weight is 402 g/mol. The van der Waals surface area contributed by atoms with Crippen molar-refractivity contribution in [2.75, 3.05) is 31.1 Å². The topological polar surface area (TPSA) is 105 Å². The van der Waals surface area contributed by atoms with Crippen LogP contribution in [0.25, 0.3) is 11.0 Å². The number of nitrogens with zero attached hydrogens (tertiary/aromatic N) is 6. The highest BCUT2D eigenvalue weighted by molar-refractivity contribution is 7.89. The van der Waals surface area contributed by atoms with Crippen LogP contribution in [0.15, 0.2) is 21.9 Å². The Bertz CT molecular complexity index is 1150. The lowest BCUT2D eigenvalue weighted by atomic mass is 10.1. The van der Waals surface area contributed by atoms with Crippen molar-refractivity contribution in [2.24, 2.45) is 0 Å². The summed E-state index contributed by atoms with van der Waals surface area (Å²) in [6, 6.07) is 1.81. The summed E-state index contributed by atoms with van der Waals surface area (Å²) < 4.78 is 33.1. The fourth-order valence-corrected chi connectivity index (χ4v) is 5.43. The Kier molecular flexibility index (Phi) is 4.54. The molecule has 1 saturated heterocycles. The van der Waals surface area contributed by atoms with Gasteiger partial charge in [-0.1, -0.05) is 6.07 Å². The predicted molar refractivity (Wildman–Crippen MR) is 104 cm³/mol. The van der Waals surface area contributed by atoms with E-state index < -0.39 is 10.0 Å². The first-order valence-electron chi connectivity index (χ1n) is 9.06. The quantitative estimate of drug-likeness (QED) is 0.652. The molecule has 1 aromatic carbocycles. The third-order valence-electron chi connectivity index (χ3n) is 5.31. The maximum Gasteiger partial charge on any atom is 0.245 e. The molecule has 3 heterocycles. The lowest BCUT2D eigenvalue weighted by Crippen LogP contribution is -2.49. The molecule has 4 rings (SSSR count). The van der Waals surface area contributed by atoms with Crippen molar-refractivity contribution in [2.45, 2.75) is 32.6 Å². The van der Waals surface area contributed by atoms with Crippen LogP contribution in [-0.4, -0.2) is 59.2 Å². The first-order chi connectivity index (χ1) is 13.3. The number of sulfonamides is 1. The summed E-state index contributed by atoms with van der Waals surface area (Å²) >= 11 is 0. The number of piperazine rings is 1. The van der Waals surface area contributed by atoms with E-state index in [4.69, 9.17) is 4.63 Å². The van der Waals surface area contributed by atoms with Crippen molar-refractivity contribution in [3.05, 3.63) is 34.8 Å². The van der Waals surface area contributed by atoms with E-state index in [1.807, 2.05) is 26.8 Å². The van der Waals surface area contributed by atoms with Crippen LogP contribution in [0.4, 0.5) is 5.82 Å². The molecule has 0 bridgehead atoms. The van der Waals surface area contributed by atoms with Crippen LogP contribution in [0, 0.1) is 27.7 Å². The lowest BCUT2D eigenvalue weighted by molar-refractivity contribution is 0.314. The zero-order valence-electron chi connectivity index (χ0n) is 16.3. The number of fused-ring (bicyclic) bond motifs is 1. The first-order valence-corrected chi connectivity index (χ1v) is 10.5. The van der Waals surface area contributed by atoms with Gasteiger partial charge in [-0.25, -0.2) is 23.0 Å². The molecule has 1 aliphatic rings. The zero-order chi connectivity index (χ0) is 20.1. The van der Waals surface area contributed by atoms with Crippen molar-refractivity contribution < 1.29 is 13.0 Å². The molecule has 148 valence electrons. The summed E-state index contributed by atoms with van der Waals surface area (Å²) in [5, 5.41) is 7.72. The maximum atomic E-state index is 13.4. The number of aryl methyl sites for hydroxylation is 3. The van der Waals surface area contributed by atoms with Crippen LogP contribution in [0.2, 0.25) is 0 Å². The SMILES string of the molecule is Cc1cc(C)c2nonc2c1S(=O)(=O)N1CCN(c2ncnc(C)c2C)CC1. The summed E-state index contributed by atoms with van der Waals surface area (Å²) in [6.07, 6.45) is 1.55. The van der Waals surface area contributed by atoms with Gasteiger partial charge in [0.1, 0.15) is 22.6 Å². The number of hydrogen-bond donors (Lipinski definition) is 0. The van der Waals surface area contributed by atoms with Gasteiger partial charge in [0.05, 0.1) is 0 Å². The fraction of sp³-hybridized carbons (Fsp3) is 0.444. The molecule has 9 nitrogen and oxygen atoms in total. The van der Waals surface area contributed by atoms with Gasteiger partial charge in [-0.2, -0.15) is 4.31 Å². The minimum Gasteiger partial charge on any atom is -0.354 e. The number of rotatable bonds is 3. The number of hydrogen-bond acceptors (Lipinski definition) is 8. The van der Waals surface area contributed by atoms with E-state index in [1.54, 1.807) is 13.3 Å². The average Bonchev–Trinajstić information content (AvgIpc) is 3.14.